The first-order valence-electron chi connectivity index (χ1n) is 22.9. The maximum atomic E-state index is 13.5. The van der Waals surface area contributed by atoms with Crippen LogP contribution >= 0.6 is 0 Å². The molecule has 0 aliphatic rings. The molecule has 6 aromatic carbocycles. The first kappa shape index (κ1) is 49.0. The van der Waals surface area contributed by atoms with E-state index in [1.165, 1.54) is 16.7 Å². The van der Waals surface area contributed by atoms with Crippen molar-refractivity contribution in [2.75, 3.05) is 35.0 Å². The van der Waals surface area contributed by atoms with E-state index >= 15 is 0 Å². The molecule has 1 N–H and O–H groups in total. The maximum Gasteiger partial charge on any atom is 0.193 e. The molecule has 0 unspecified atom stereocenters. The van der Waals surface area contributed by atoms with Crippen molar-refractivity contribution in [1.29, 1.82) is 0 Å². The van der Waals surface area contributed by atoms with Gasteiger partial charge in [-0.05, 0) is 193 Å². The van der Waals surface area contributed by atoms with Crippen LogP contribution in [0, 0.1) is 0 Å². The smallest absolute Gasteiger partial charge is 0.193 e. The van der Waals surface area contributed by atoms with Gasteiger partial charge in [0.15, 0.2) is 28.8 Å². The number of unbranched alkanes of at least 4 members (excludes halogenated alkanes) is 2. The van der Waals surface area contributed by atoms with E-state index in [0.717, 1.165) is 79.6 Å². The van der Waals surface area contributed by atoms with Crippen molar-refractivity contribution in [3.05, 3.63) is 166 Å². The van der Waals surface area contributed by atoms with Gasteiger partial charge in [0.25, 0.3) is 0 Å². The molecule has 0 atom stereocenters. The van der Waals surface area contributed by atoms with Crippen LogP contribution in [0.4, 0.5) is 0 Å². The first-order chi connectivity index (χ1) is 31.8. The molecule has 0 aliphatic heterocycles. The zero-order chi connectivity index (χ0) is 47.3. The van der Waals surface area contributed by atoms with Gasteiger partial charge in [0, 0.05) is 28.9 Å². The Bertz CT molecular complexity index is 2520. The summed E-state index contributed by atoms with van der Waals surface area (Å²) in [4.78, 5) is 13.5. The van der Waals surface area contributed by atoms with Crippen molar-refractivity contribution < 1.29 is 43.1 Å². The lowest BCUT2D eigenvalue weighted by atomic mass is 9.94. The number of phenols is 1. The van der Waals surface area contributed by atoms with Gasteiger partial charge >= 0.3 is 0 Å². The highest BCUT2D eigenvalue weighted by molar-refractivity contribution is 6.09. The summed E-state index contributed by atoms with van der Waals surface area (Å²) in [6.45, 7) is 10.8. The summed E-state index contributed by atoms with van der Waals surface area (Å²) in [5.41, 5.74) is 6.70. The van der Waals surface area contributed by atoms with Crippen LogP contribution in [-0.2, 0) is 41.6 Å². The van der Waals surface area contributed by atoms with Crippen LogP contribution in [0.3, 0.4) is 0 Å². The van der Waals surface area contributed by atoms with E-state index in [1.54, 1.807) is 70.9 Å². The van der Waals surface area contributed by atoms with E-state index in [4.69, 9.17) is 33.2 Å². The third-order valence-corrected chi connectivity index (χ3v) is 12.0. The van der Waals surface area contributed by atoms with Crippen LogP contribution in [-0.4, -0.2) is 45.9 Å². The number of carbonyl (C=O) groups is 1. The van der Waals surface area contributed by atoms with Crippen LogP contribution in [0.25, 0.3) is 0 Å². The number of aryl methyl sites for hydroxylation is 4. The summed E-state index contributed by atoms with van der Waals surface area (Å²) in [6, 6.07) is 38.7. The predicted molar refractivity (Wildman–Crippen MR) is 262 cm³/mol. The lowest BCUT2D eigenvalue weighted by Crippen LogP contribution is -2.26. The highest BCUT2D eigenvalue weighted by Crippen LogP contribution is 2.37. The molecule has 0 aliphatic carbocycles. The average Bonchev–Trinajstić information content (AvgIpc) is 3.32. The third kappa shape index (κ3) is 12.7. The minimum absolute atomic E-state index is 0.101. The Morgan fingerprint density at radius 2 is 0.879 bits per heavy atom. The molecule has 9 heteroatoms. The lowest BCUT2D eigenvalue weighted by molar-refractivity contribution is -0.0155. The molecule has 0 bridgehead atoms. The van der Waals surface area contributed by atoms with Crippen molar-refractivity contribution in [3.63, 3.8) is 0 Å². The molecule has 66 heavy (non-hydrogen) atoms. The van der Waals surface area contributed by atoms with Gasteiger partial charge in [-0.2, -0.15) is 0 Å². The summed E-state index contributed by atoms with van der Waals surface area (Å²) in [6.07, 6.45) is 7.74. The third-order valence-electron chi connectivity index (χ3n) is 12.0. The molecule has 0 heterocycles. The molecule has 9 nitrogen and oxygen atoms in total. The number of benzene rings is 6. The second-order valence-corrected chi connectivity index (χ2v) is 17.5. The highest BCUT2D eigenvalue weighted by Gasteiger charge is 2.28. The molecule has 0 spiro atoms. The van der Waals surface area contributed by atoms with E-state index in [2.05, 4.69) is 56.3 Å². The summed E-state index contributed by atoms with van der Waals surface area (Å²) < 4.78 is 41.2. The van der Waals surface area contributed by atoms with Gasteiger partial charge in [0.2, 0.25) is 0 Å². The van der Waals surface area contributed by atoms with Crippen molar-refractivity contribution in [2.45, 2.75) is 97.2 Å². The van der Waals surface area contributed by atoms with Crippen LogP contribution in [0.1, 0.15) is 110 Å². The number of phenolic OH excluding ortho intramolecular Hbond substituents is 1. The Hall–Kier alpha value is -6.45. The topological polar surface area (TPSA) is 102 Å². The van der Waals surface area contributed by atoms with Gasteiger partial charge in [-0.3, -0.25) is 4.79 Å². The van der Waals surface area contributed by atoms with E-state index < -0.39 is 11.2 Å². The molecule has 348 valence electrons. The molecule has 6 rings (SSSR count). The number of hydrogen-bond donors (Lipinski definition) is 1. The van der Waals surface area contributed by atoms with Crippen LogP contribution < -0.4 is 28.4 Å². The van der Waals surface area contributed by atoms with E-state index in [0.29, 0.717) is 46.5 Å². The number of hydrogen-bond acceptors (Lipinski definition) is 9. The Morgan fingerprint density at radius 1 is 0.470 bits per heavy atom. The monoisotopic (exact) mass is 894 g/mol. The molecule has 0 saturated heterocycles. The zero-order valence-corrected chi connectivity index (χ0v) is 40.1. The molecule has 0 amide bonds. The molecule has 0 radical (unpaired) electrons. The summed E-state index contributed by atoms with van der Waals surface area (Å²) >= 11 is 0. The summed E-state index contributed by atoms with van der Waals surface area (Å²) in [5.74, 6) is 4.68. The van der Waals surface area contributed by atoms with Crippen molar-refractivity contribution in [3.8, 4) is 46.0 Å². The summed E-state index contributed by atoms with van der Waals surface area (Å²) in [5, 5.41) is 9.88. The highest BCUT2D eigenvalue weighted by atomic mass is 16.5. The number of methoxy groups -OCH3 is 4. The molecule has 0 aromatic heterocycles. The predicted octanol–water partition coefficient (Wildman–Crippen LogP) is 13.2. The van der Waals surface area contributed by atoms with Crippen LogP contribution in [0.5, 0.6) is 46.0 Å². The van der Waals surface area contributed by atoms with Crippen molar-refractivity contribution >= 4 is 5.78 Å². The minimum Gasteiger partial charge on any atom is -0.504 e. The number of ketones is 1. The average molecular weight is 895 g/mol. The quantitative estimate of drug-likeness (QED) is 0.0470. The summed E-state index contributed by atoms with van der Waals surface area (Å²) in [7, 11) is 6.60. The largest absolute Gasteiger partial charge is 0.504 e. The SMILES string of the molecule is CCOC(C)(C)c1ccc(CCCCc2ccc(Oc3ccc(C(=O)c4ccc(OC(C)(C)c5ccc(CCCCc6ccc(O)c(OC)c6)cc5OC)cc4)cc3)c(OC)c2)cc1OC. The van der Waals surface area contributed by atoms with Gasteiger partial charge < -0.3 is 38.3 Å². The van der Waals surface area contributed by atoms with Crippen LogP contribution in [0.15, 0.2) is 121 Å². The van der Waals surface area contributed by atoms with E-state index in [9.17, 15) is 9.90 Å². The normalized spacial score (nSPS) is 11.5. The second kappa shape index (κ2) is 22.6. The van der Waals surface area contributed by atoms with Crippen molar-refractivity contribution in [1.82, 2.24) is 0 Å². The van der Waals surface area contributed by atoms with Gasteiger partial charge in [-0.25, -0.2) is 0 Å². The molecular weight excluding hydrogens is 829 g/mol. The Labute approximate surface area is 391 Å². The van der Waals surface area contributed by atoms with Gasteiger partial charge in [0.1, 0.15) is 28.6 Å². The molecule has 0 saturated carbocycles. The number of aromatic hydroxyl groups is 1. The molecule has 6 aromatic rings. The standard InChI is InChI=1S/C57H66O9/c1-10-64-56(2,3)47-31-19-39(35-51(47)60-6)15-12-14-18-42-22-34-50(54(38-42)63-9)65-45-27-23-43(24-28-45)55(59)44-25-29-46(30-26-44)66-57(4,5)48-32-20-40(36-52(48)61-7)16-11-13-17-41-21-33-49(58)53(37-41)62-8/h19-38,58H,10-18H2,1-9H3. The second-order valence-electron chi connectivity index (χ2n) is 17.5. The molecular formula is C57H66O9. The number of rotatable bonds is 24. The Morgan fingerprint density at radius 3 is 1.35 bits per heavy atom. The van der Waals surface area contributed by atoms with E-state index in [1.807, 2.05) is 57.2 Å². The number of carbonyl (C=O) groups excluding carboxylic acids is 1. The van der Waals surface area contributed by atoms with E-state index in [-0.39, 0.29) is 11.5 Å². The zero-order valence-electron chi connectivity index (χ0n) is 40.1. The first-order valence-corrected chi connectivity index (χ1v) is 22.9. The van der Waals surface area contributed by atoms with Crippen molar-refractivity contribution in [2.24, 2.45) is 0 Å². The van der Waals surface area contributed by atoms with Gasteiger partial charge in [-0.15, -0.1) is 0 Å². The fourth-order valence-electron chi connectivity index (χ4n) is 8.35. The van der Waals surface area contributed by atoms with Gasteiger partial charge in [0.05, 0.1) is 34.0 Å². The molecule has 0 fully saturated rings. The fraction of sp³-hybridized carbons (Fsp3) is 0.351. The Kier molecular flexibility index (Phi) is 16.8. The van der Waals surface area contributed by atoms with Crippen LogP contribution in [0.2, 0.25) is 0 Å². The lowest BCUT2D eigenvalue weighted by Gasteiger charge is -2.29. The maximum absolute atomic E-state index is 13.5. The van der Waals surface area contributed by atoms with Gasteiger partial charge in [-0.1, -0.05) is 36.4 Å². The minimum atomic E-state index is -0.710. The Balaban J connectivity index is 0.984. The fourth-order valence-corrected chi connectivity index (χ4v) is 8.35. The number of ether oxygens (including phenoxy) is 7.